The van der Waals surface area contributed by atoms with E-state index in [1.54, 1.807) is 6.92 Å². The van der Waals surface area contributed by atoms with Crippen LogP contribution in [-0.4, -0.2) is 60.0 Å². The SMILES string of the molecule is CCC(Oc1ccc(F)cc1F)C(=O)O[C@H]1C[C@H](C(C)(C)C)C=C2C=C[C@H](C)[C@](CC[C@@H]3C[C@H](C(C)(C)C)C(O[SiH](C)C)C(=O)O3)(O[SiH](C)C)[C@H]21. The van der Waals surface area contributed by atoms with E-state index >= 15 is 0 Å². The van der Waals surface area contributed by atoms with Gasteiger partial charge < -0.3 is 23.1 Å². The number of hydrogen-bond donors (Lipinski definition) is 0. The zero-order chi connectivity index (χ0) is 38.1. The van der Waals surface area contributed by atoms with Crippen LogP contribution in [0.5, 0.6) is 5.75 Å². The minimum Gasteiger partial charge on any atom is -0.476 e. The molecule has 1 aromatic carbocycles. The van der Waals surface area contributed by atoms with Crippen molar-refractivity contribution in [2.45, 2.75) is 144 Å². The highest BCUT2D eigenvalue weighted by Crippen LogP contribution is 2.53. The second-order valence-corrected chi connectivity index (χ2v) is 22.3. The van der Waals surface area contributed by atoms with Crippen molar-refractivity contribution in [3.05, 3.63) is 53.6 Å². The number of ether oxygens (including phenoxy) is 3. The van der Waals surface area contributed by atoms with Crippen LogP contribution in [0.25, 0.3) is 0 Å². The van der Waals surface area contributed by atoms with Gasteiger partial charge in [-0.2, -0.15) is 0 Å². The zero-order valence-corrected chi connectivity index (χ0v) is 35.2. The third kappa shape index (κ3) is 9.80. The molecule has 286 valence electrons. The van der Waals surface area contributed by atoms with Gasteiger partial charge in [0, 0.05) is 23.8 Å². The second kappa shape index (κ2) is 16.3. The number of halogens is 2. The first-order chi connectivity index (χ1) is 23.7. The summed E-state index contributed by atoms with van der Waals surface area (Å²) >= 11 is 0. The Labute approximate surface area is 308 Å². The van der Waals surface area contributed by atoms with E-state index in [0.29, 0.717) is 25.7 Å². The molecule has 0 amide bonds. The number of allylic oxidation sites excluding steroid dienone is 2. The van der Waals surface area contributed by atoms with Gasteiger partial charge >= 0.3 is 11.9 Å². The first-order valence-corrected chi connectivity index (χ1v) is 24.5. The van der Waals surface area contributed by atoms with E-state index in [9.17, 15) is 18.4 Å². The van der Waals surface area contributed by atoms with Gasteiger partial charge in [-0.3, -0.25) is 0 Å². The average Bonchev–Trinajstić information content (AvgIpc) is 3.00. The lowest BCUT2D eigenvalue weighted by Gasteiger charge is -2.54. The van der Waals surface area contributed by atoms with Crippen LogP contribution in [0.15, 0.2) is 42.0 Å². The Kier molecular flexibility index (Phi) is 13.3. The van der Waals surface area contributed by atoms with Crippen molar-refractivity contribution in [3.63, 3.8) is 0 Å². The Morgan fingerprint density at radius 2 is 1.73 bits per heavy atom. The molecule has 51 heavy (non-hydrogen) atoms. The van der Waals surface area contributed by atoms with Crippen LogP contribution in [0.2, 0.25) is 26.2 Å². The number of rotatable bonds is 12. The van der Waals surface area contributed by atoms with Gasteiger partial charge in [-0.15, -0.1) is 0 Å². The summed E-state index contributed by atoms with van der Waals surface area (Å²) in [5, 5.41) is 0. The summed E-state index contributed by atoms with van der Waals surface area (Å²) in [5.41, 5.74) is 0.0980. The van der Waals surface area contributed by atoms with Gasteiger partial charge in [0.1, 0.15) is 24.1 Å². The predicted octanol–water partition coefficient (Wildman–Crippen LogP) is 8.71. The quantitative estimate of drug-likeness (QED) is 0.156. The summed E-state index contributed by atoms with van der Waals surface area (Å²) in [5.74, 6) is -2.85. The lowest BCUT2D eigenvalue weighted by molar-refractivity contribution is -0.180. The zero-order valence-electron chi connectivity index (χ0n) is 32.9. The summed E-state index contributed by atoms with van der Waals surface area (Å²) in [6.45, 7) is 25.4. The number of carbonyl (C=O) groups excluding carboxylic acids is 2. The summed E-state index contributed by atoms with van der Waals surface area (Å²) < 4.78 is 60.0. The standard InChI is InChI=1S/C40H62F2O7Si2/c1-13-31(46-32-17-16-27(41)22-30(32)42)36(43)47-33-21-26(38(3,4)5)20-25-15-14-24(2)40(34(25)33,49-51(11)12)19-18-28-23-29(39(6,7)8)35(37(44)45-28)48-50(9)10/h14-17,20,22,24,26,28-29,31,33-35,50-51H,13,18-19,21,23H2,1-12H3/t24-,26+,28+,29-,31?,33-,34+,35?,40-/m0/s1. The molecular weight excluding hydrogens is 687 g/mol. The van der Waals surface area contributed by atoms with Crippen LogP contribution in [0.3, 0.4) is 0 Å². The van der Waals surface area contributed by atoms with Crippen LogP contribution >= 0.6 is 0 Å². The fourth-order valence-electron chi connectivity index (χ4n) is 8.16. The molecule has 0 radical (unpaired) electrons. The molecule has 1 heterocycles. The second-order valence-electron chi connectivity index (χ2n) is 17.6. The number of hydrogen-bond acceptors (Lipinski definition) is 7. The van der Waals surface area contributed by atoms with Crippen molar-refractivity contribution in [2.24, 2.45) is 34.5 Å². The fraction of sp³-hybridized carbons (Fsp3) is 0.700. The highest BCUT2D eigenvalue weighted by molar-refractivity contribution is 6.49. The lowest BCUT2D eigenvalue weighted by atomic mass is 9.59. The minimum absolute atomic E-state index is 0.0157. The lowest BCUT2D eigenvalue weighted by Crippen LogP contribution is -2.58. The van der Waals surface area contributed by atoms with Gasteiger partial charge in [-0.25, -0.2) is 18.4 Å². The Balaban J connectivity index is 1.69. The normalized spacial score (nSPS) is 30.5. The Morgan fingerprint density at radius 1 is 1.04 bits per heavy atom. The molecule has 9 atom stereocenters. The Hall–Kier alpha value is -2.35. The summed E-state index contributed by atoms with van der Waals surface area (Å²) in [7, 11) is -3.18. The van der Waals surface area contributed by atoms with Crippen molar-refractivity contribution in [1.82, 2.24) is 0 Å². The van der Waals surface area contributed by atoms with Crippen molar-refractivity contribution in [3.8, 4) is 5.75 Å². The van der Waals surface area contributed by atoms with Crippen LogP contribution in [0.1, 0.15) is 87.5 Å². The van der Waals surface area contributed by atoms with E-state index in [1.807, 2.05) is 0 Å². The van der Waals surface area contributed by atoms with Gasteiger partial charge in [-0.1, -0.05) is 73.6 Å². The van der Waals surface area contributed by atoms with Crippen molar-refractivity contribution in [1.29, 1.82) is 0 Å². The maximum Gasteiger partial charge on any atom is 0.347 e. The first kappa shape index (κ1) is 41.4. The molecular formula is C40H62F2O7Si2. The summed E-state index contributed by atoms with van der Waals surface area (Å²) in [4.78, 5) is 27.5. The van der Waals surface area contributed by atoms with Crippen LogP contribution in [0.4, 0.5) is 8.78 Å². The van der Waals surface area contributed by atoms with Gasteiger partial charge in [0.2, 0.25) is 0 Å². The molecule has 4 rings (SSSR count). The number of carbonyl (C=O) groups is 2. The largest absolute Gasteiger partial charge is 0.476 e. The van der Waals surface area contributed by atoms with E-state index in [1.165, 1.54) is 6.07 Å². The molecule has 0 bridgehead atoms. The molecule has 1 aromatic rings. The van der Waals surface area contributed by atoms with E-state index in [-0.39, 0.29) is 58.7 Å². The van der Waals surface area contributed by atoms with Crippen LogP contribution < -0.4 is 4.74 Å². The minimum atomic E-state index is -1.69. The van der Waals surface area contributed by atoms with Crippen molar-refractivity contribution in [2.75, 3.05) is 0 Å². The molecule has 1 aliphatic heterocycles. The van der Waals surface area contributed by atoms with Crippen molar-refractivity contribution < 1.29 is 41.4 Å². The van der Waals surface area contributed by atoms with E-state index in [4.69, 9.17) is 23.1 Å². The molecule has 11 heteroatoms. The molecule has 0 saturated carbocycles. The smallest absolute Gasteiger partial charge is 0.347 e. The average molecular weight is 749 g/mol. The van der Waals surface area contributed by atoms with E-state index in [0.717, 1.165) is 17.7 Å². The molecule has 1 fully saturated rings. The Bertz CT molecular complexity index is 1450. The van der Waals surface area contributed by atoms with Crippen LogP contribution in [0, 0.1) is 46.1 Å². The molecule has 0 aromatic heterocycles. The Morgan fingerprint density at radius 3 is 2.29 bits per heavy atom. The number of cyclic esters (lactones) is 1. The van der Waals surface area contributed by atoms with E-state index < -0.39 is 59.6 Å². The molecule has 2 aliphatic carbocycles. The molecule has 3 aliphatic rings. The monoisotopic (exact) mass is 748 g/mol. The van der Waals surface area contributed by atoms with Gasteiger partial charge in [0.25, 0.3) is 0 Å². The van der Waals surface area contributed by atoms with Gasteiger partial charge in [0.15, 0.2) is 35.8 Å². The highest BCUT2D eigenvalue weighted by Gasteiger charge is 2.55. The maximum absolute atomic E-state index is 14.6. The third-order valence-corrected chi connectivity index (χ3v) is 12.7. The van der Waals surface area contributed by atoms with Crippen molar-refractivity contribution >= 4 is 30.0 Å². The molecule has 0 N–H and O–H groups in total. The van der Waals surface area contributed by atoms with Gasteiger partial charge in [-0.05, 0) is 92.7 Å². The number of esters is 2. The maximum atomic E-state index is 14.6. The summed E-state index contributed by atoms with van der Waals surface area (Å²) in [6, 6.07) is 3.04. The van der Waals surface area contributed by atoms with Crippen LogP contribution in [-0.2, 0) is 27.9 Å². The fourth-order valence-corrected chi connectivity index (χ4v) is 10.4. The van der Waals surface area contributed by atoms with Gasteiger partial charge in [0.05, 0.1) is 5.60 Å². The third-order valence-electron chi connectivity index (χ3n) is 10.9. The first-order valence-electron chi connectivity index (χ1n) is 18.9. The molecule has 7 nitrogen and oxygen atoms in total. The van der Waals surface area contributed by atoms with E-state index in [2.05, 4.69) is 92.9 Å². The number of fused-ring (bicyclic) bond motifs is 1. The summed E-state index contributed by atoms with van der Waals surface area (Å²) in [6.07, 6.45) is 6.93. The number of benzene rings is 1. The molecule has 1 saturated heterocycles. The molecule has 0 spiro atoms. The predicted molar refractivity (Wildman–Crippen MR) is 202 cm³/mol. The highest BCUT2D eigenvalue weighted by atomic mass is 28.3. The topological polar surface area (TPSA) is 80.3 Å². The molecule has 2 unspecified atom stereocenters.